The van der Waals surface area contributed by atoms with E-state index in [0.717, 1.165) is 16.7 Å². The largest absolute Gasteiger partial charge is 0.507 e. The summed E-state index contributed by atoms with van der Waals surface area (Å²) < 4.78 is 4.99. The van der Waals surface area contributed by atoms with Crippen LogP contribution in [0.2, 0.25) is 0 Å². The molecule has 1 amide bonds. The molecule has 7 heteroatoms. The number of rotatable bonds is 6. The lowest BCUT2D eigenvalue weighted by Crippen LogP contribution is -2.29. The summed E-state index contributed by atoms with van der Waals surface area (Å²) in [7, 11) is 0. The molecule has 1 saturated heterocycles. The number of Topliss-reactive ketones (excluding diaryl/α,β-unsaturated/α-hetero) is 1. The Morgan fingerprint density at radius 2 is 1.69 bits per heavy atom. The van der Waals surface area contributed by atoms with Crippen LogP contribution in [0.15, 0.2) is 72.6 Å². The Hall–Kier alpha value is -4.26. The molecular weight excluding hydrogens is 444 g/mol. The predicted molar refractivity (Wildman–Crippen MR) is 132 cm³/mol. The Morgan fingerprint density at radius 3 is 2.31 bits per heavy atom. The Bertz CT molecular complexity index is 1310. The molecule has 3 aromatic rings. The van der Waals surface area contributed by atoms with Crippen LogP contribution in [-0.4, -0.2) is 34.4 Å². The first-order valence-electron chi connectivity index (χ1n) is 11.3. The number of aliphatic hydroxyl groups excluding tert-OH is 1. The molecule has 0 radical (unpaired) electrons. The van der Waals surface area contributed by atoms with Crippen molar-refractivity contribution < 1.29 is 24.2 Å². The molecule has 1 aliphatic heterocycles. The number of ether oxygens (including phenoxy) is 1. The summed E-state index contributed by atoms with van der Waals surface area (Å²) in [4.78, 5) is 43.7. The molecule has 1 unspecified atom stereocenters. The summed E-state index contributed by atoms with van der Waals surface area (Å²) in [5.74, 6) is -2.07. The Morgan fingerprint density at radius 1 is 1.00 bits per heavy atom. The van der Waals surface area contributed by atoms with Crippen LogP contribution in [0, 0.1) is 13.8 Å². The summed E-state index contributed by atoms with van der Waals surface area (Å²) >= 11 is 0. The van der Waals surface area contributed by atoms with Crippen LogP contribution in [0.3, 0.4) is 0 Å². The van der Waals surface area contributed by atoms with E-state index in [1.807, 2.05) is 19.9 Å². The molecule has 0 saturated carbocycles. The predicted octanol–water partition coefficient (Wildman–Crippen LogP) is 4.43. The first-order chi connectivity index (χ1) is 16.8. The van der Waals surface area contributed by atoms with Gasteiger partial charge in [0.25, 0.3) is 11.7 Å². The summed E-state index contributed by atoms with van der Waals surface area (Å²) in [6.07, 6.45) is 3.26. The third-order valence-corrected chi connectivity index (χ3v) is 6.11. The first kappa shape index (κ1) is 23.9. The minimum atomic E-state index is -0.837. The Kier molecular flexibility index (Phi) is 6.78. The number of aromatic nitrogens is 1. The number of aliphatic hydroxyl groups is 1. The third-order valence-electron chi connectivity index (χ3n) is 6.11. The number of benzene rings is 2. The number of hydrogen-bond acceptors (Lipinski definition) is 6. The van der Waals surface area contributed by atoms with Gasteiger partial charge in [-0.25, -0.2) is 0 Å². The van der Waals surface area contributed by atoms with Crippen LogP contribution in [-0.2, 0) is 25.5 Å². The lowest BCUT2D eigenvalue weighted by atomic mass is 9.94. The van der Waals surface area contributed by atoms with Gasteiger partial charge in [0.1, 0.15) is 5.76 Å². The number of hydrogen-bond donors (Lipinski definition) is 1. The molecule has 35 heavy (non-hydrogen) atoms. The fraction of sp³-hybridized carbons (Fsp3) is 0.214. The molecule has 0 spiro atoms. The van der Waals surface area contributed by atoms with E-state index in [9.17, 15) is 19.5 Å². The molecule has 1 atom stereocenters. The molecule has 178 valence electrons. The fourth-order valence-corrected chi connectivity index (χ4v) is 4.16. The van der Waals surface area contributed by atoms with E-state index >= 15 is 0 Å². The second kappa shape index (κ2) is 9.93. The van der Waals surface area contributed by atoms with Crippen molar-refractivity contribution in [3.63, 3.8) is 0 Å². The number of esters is 1. The molecule has 1 aliphatic rings. The third kappa shape index (κ3) is 4.71. The molecule has 2 heterocycles. The molecule has 7 nitrogen and oxygen atoms in total. The van der Waals surface area contributed by atoms with Gasteiger partial charge in [0.05, 0.1) is 24.6 Å². The van der Waals surface area contributed by atoms with Crippen molar-refractivity contribution in [3.8, 4) is 0 Å². The zero-order valence-corrected chi connectivity index (χ0v) is 19.8. The van der Waals surface area contributed by atoms with Gasteiger partial charge >= 0.3 is 5.97 Å². The van der Waals surface area contributed by atoms with Crippen molar-refractivity contribution >= 4 is 29.1 Å². The van der Waals surface area contributed by atoms with Crippen LogP contribution in [0.1, 0.15) is 40.8 Å². The molecule has 0 bridgehead atoms. The minimum Gasteiger partial charge on any atom is -0.507 e. The van der Waals surface area contributed by atoms with E-state index in [2.05, 4.69) is 4.98 Å². The standard InChI is InChI=1S/C28H26N2O5/c1-4-35-23(31)16-19-6-9-22(10-7-19)30-25(20-11-13-29-14-12-20)24(27(33)28(30)34)26(32)21-8-5-17(2)18(3)15-21/h5-15,25,32H,4,16H2,1-3H3/b26-24-. The number of anilines is 1. The number of ketones is 1. The van der Waals surface area contributed by atoms with Crippen molar-refractivity contribution in [1.29, 1.82) is 0 Å². The van der Waals surface area contributed by atoms with Gasteiger partial charge in [0.2, 0.25) is 0 Å². The average Bonchev–Trinajstić information content (AvgIpc) is 3.12. The number of amides is 1. The molecule has 1 fully saturated rings. The van der Waals surface area contributed by atoms with Gasteiger partial charge < -0.3 is 9.84 Å². The van der Waals surface area contributed by atoms with Gasteiger partial charge in [-0.05, 0) is 73.4 Å². The van der Waals surface area contributed by atoms with Crippen molar-refractivity contribution in [3.05, 3.63) is 100 Å². The molecule has 1 aromatic heterocycles. The highest BCUT2D eigenvalue weighted by Crippen LogP contribution is 2.42. The van der Waals surface area contributed by atoms with Gasteiger partial charge in [-0.3, -0.25) is 24.3 Å². The van der Waals surface area contributed by atoms with E-state index in [-0.39, 0.29) is 23.7 Å². The molecule has 1 N–H and O–H groups in total. The smallest absolute Gasteiger partial charge is 0.310 e. The second-order valence-corrected chi connectivity index (χ2v) is 8.40. The van der Waals surface area contributed by atoms with Crippen LogP contribution < -0.4 is 4.90 Å². The highest BCUT2D eigenvalue weighted by Gasteiger charge is 2.47. The van der Waals surface area contributed by atoms with E-state index in [1.165, 1.54) is 4.90 Å². The Labute approximate surface area is 203 Å². The van der Waals surface area contributed by atoms with Crippen LogP contribution in [0.4, 0.5) is 5.69 Å². The zero-order valence-electron chi connectivity index (χ0n) is 19.8. The maximum Gasteiger partial charge on any atom is 0.310 e. The van der Waals surface area contributed by atoms with Gasteiger partial charge in [0, 0.05) is 23.6 Å². The van der Waals surface area contributed by atoms with Crippen molar-refractivity contribution in [1.82, 2.24) is 4.98 Å². The normalized spacial score (nSPS) is 17.0. The first-order valence-corrected chi connectivity index (χ1v) is 11.3. The maximum absolute atomic E-state index is 13.2. The number of pyridine rings is 1. The summed E-state index contributed by atoms with van der Waals surface area (Å²) in [5.41, 5.74) is 4.33. The fourth-order valence-electron chi connectivity index (χ4n) is 4.16. The number of aryl methyl sites for hydroxylation is 2. The highest BCUT2D eigenvalue weighted by atomic mass is 16.5. The summed E-state index contributed by atoms with van der Waals surface area (Å²) in [6, 6.07) is 14.8. The van der Waals surface area contributed by atoms with Crippen LogP contribution in [0.25, 0.3) is 5.76 Å². The monoisotopic (exact) mass is 470 g/mol. The lowest BCUT2D eigenvalue weighted by Gasteiger charge is -2.25. The molecule has 2 aromatic carbocycles. The molecule has 0 aliphatic carbocycles. The van der Waals surface area contributed by atoms with Crippen LogP contribution in [0.5, 0.6) is 0 Å². The number of nitrogens with zero attached hydrogens (tertiary/aromatic N) is 2. The average molecular weight is 471 g/mol. The van der Waals surface area contributed by atoms with E-state index < -0.39 is 17.7 Å². The second-order valence-electron chi connectivity index (χ2n) is 8.40. The highest BCUT2D eigenvalue weighted by molar-refractivity contribution is 6.51. The van der Waals surface area contributed by atoms with Gasteiger partial charge in [-0.2, -0.15) is 0 Å². The van der Waals surface area contributed by atoms with Crippen molar-refractivity contribution in [2.75, 3.05) is 11.5 Å². The summed E-state index contributed by atoms with van der Waals surface area (Å²) in [6.45, 7) is 5.92. The molecular formula is C28H26N2O5. The van der Waals surface area contributed by atoms with E-state index in [1.54, 1.807) is 67.8 Å². The SMILES string of the molecule is CCOC(=O)Cc1ccc(N2C(=O)C(=O)/C(=C(\O)c3ccc(C)c(C)c3)C2c2ccncc2)cc1. The number of carbonyl (C=O) groups excluding carboxylic acids is 3. The van der Waals surface area contributed by atoms with E-state index in [4.69, 9.17) is 4.74 Å². The van der Waals surface area contributed by atoms with Gasteiger partial charge in [-0.15, -0.1) is 0 Å². The van der Waals surface area contributed by atoms with Crippen LogP contribution >= 0.6 is 0 Å². The number of carbonyl (C=O) groups is 3. The molecule has 4 rings (SSSR count). The van der Waals surface area contributed by atoms with Gasteiger partial charge in [-0.1, -0.05) is 24.3 Å². The lowest BCUT2D eigenvalue weighted by molar-refractivity contribution is -0.142. The van der Waals surface area contributed by atoms with Crippen molar-refractivity contribution in [2.45, 2.75) is 33.2 Å². The Balaban J connectivity index is 1.80. The van der Waals surface area contributed by atoms with Crippen molar-refractivity contribution in [2.24, 2.45) is 0 Å². The minimum absolute atomic E-state index is 0.0139. The zero-order chi connectivity index (χ0) is 25.1. The maximum atomic E-state index is 13.2. The van der Waals surface area contributed by atoms with E-state index in [0.29, 0.717) is 23.4 Å². The van der Waals surface area contributed by atoms with Gasteiger partial charge in [0.15, 0.2) is 0 Å². The quantitative estimate of drug-likeness (QED) is 0.248. The topological polar surface area (TPSA) is 96.8 Å². The summed E-state index contributed by atoms with van der Waals surface area (Å²) in [5, 5.41) is 11.2.